The van der Waals surface area contributed by atoms with E-state index in [4.69, 9.17) is 0 Å². The van der Waals surface area contributed by atoms with Crippen molar-refractivity contribution in [2.75, 3.05) is 5.32 Å². The third-order valence-corrected chi connectivity index (χ3v) is 2.86. The molecule has 0 unspecified atom stereocenters. The van der Waals surface area contributed by atoms with Crippen molar-refractivity contribution < 1.29 is 18.0 Å². The Balaban J connectivity index is 1.83. The van der Waals surface area contributed by atoms with E-state index >= 15 is 0 Å². The summed E-state index contributed by atoms with van der Waals surface area (Å²) in [6, 6.07) is 9.30. The number of nitrogens with zero attached hydrogens (tertiary/aromatic N) is 4. The first-order valence-electron chi connectivity index (χ1n) is 6.09. The number of hydrogen-bond acceptors (Lipinski definition) is 4. The molecule has 2 aromatic heterocycles. The quantitative estimate of drug-likeness (QED) is 0.788. The van der Waals surface area contributed by atoms with Gasteiger partial charge in [-0.1, -0.05) is 12.1 Å². The van der Waals surface area contributed by atoms with Crippen molar-refractivity contribution in [3.8, 4) is 11.3 Å². The van der Waals surface area contributed by atoms with Gasteiger partial charge in [-0.25, -0.2) is 0 Å². The monoisotopic (exact) mass is 307 g/mol. The van der Waals surface area contributed by atoms with Gasteiger partial charge < -0.3 is 5.32 Å². The van der Waals surface area contributed by atoms with Crippen LogP contribution in [-0.4, -0.2) is 31.9 Å². The van der Waals surface area contributed by atoms with Crippen molar-refractivity contribution in [2.24, 2.45) is 0 Å². The third-order valence-electron chi connectivity index (χ3n) is 2.86. The highest BCUT2D eigenvalue weighted by atomic mass is 19.4. The minimum atomic E-state index is -4.92. The highest BCUT2D eigenvalue weighted by Crippen LogP contribution is 2.22. The summed E-state index contributed by atoms with van der Waals surface area (Å²) >= 11 is 0. The fraction of sp³-hybridized carbons (Fsp3) is 0.0769. The number of carbonyl (C=O) groups is 1. The molecule has 3 aromatic rings. The van der Waals surface area contributed by atoms with Crippen LogP contribution in [0.25, 0.3) is 16.9 Å². The molecule has 9 heteroatoms. The molecule has 3 rings (SSSR count). The van der Waals surface area contributed by atoms with Gasteiger partial charge in [0.2, 0.25) is 0 Å². The van der Waals surface area contributed by atoms with Gasteiger partial charge in [0.05, 0.1) is 5.69 Å². The van der Waals surface area contributed by atoms with Crippen molar-refractivity contribution in [3.05, 3.63) is 42.7 Å². The molecule has 0 spiro atoms. The number of alkyl halides is 3. The fourth-order valence-electron chi connectivity index (χ4n) is 1.81. The van der Waals surface area contributed by atoms with Gasteiger partial charge in [0.25, 0.3) is 0 Å². The van der Waals surface area contributed by atoms with E-state index < -0.39 is 12.1 Å². The molecule has 0 bridgehead atoms. The first-order valence-corrected chi connectivity index (χ1v) is 6.09. The maximum Gasteiger partial charge on any atom is 0.471 e. The Morgan fingerprint density at radius 2 is 1.82 bits per heavy atom. The topological polar surface area (TPSA) is 72.2 Å². The summed E-state index contributed by atoms with van der Waals surface area (Å²) in [5.74, 6) is -2.01. The standard InChI is InChI=1S/C13H8F3N5O/c14-13(15,16)12(22)18-9-3-1-8(2-4-9)10-5-6-11-19-17-7-21(11)20-10/h1-7H,(H,18,22). The molecule has 112 valence electrons. The fourth-order valence-corrected chi connectivity index (χ4v) is 1.81. The van der Waals surface area contributed by atoms with E-state index in [-0.39, 0.29) is 5.69 Å². The number of anilines is 1. The first-order chi connectivity index (χ1) is 10.4. The SMILES string of the molecule is O=C(Nc1ccc(-c2ccc3nncn3n2)cc1)C(F)(F)F. The van der Waals surface area contributed by atoms with Crippen LogP contribution in [0.3, 0.4) is 0 Å². The smallest absolute Gasteiger partial charge is 0.318 e. The molecule has 0 aliphatic carbocycles. The van der Waals surface area contributed by atoms with Gasteiger partial charge in [-0.2, -0.15) is 22.8 Å². The summed E-state index contributed by atoms with van der Waals surface area (Å²) in [5.41, 5.74) is 1.91. The van der Waals surface area contributed by atoms with E-state index in [0.29, 0.717) is 16.9 Å². The van der Waals surface area contributed by atoms with Crippen molar-refractivity contribution >= 4 is 17.2 Å². The number of fused-ring (bicyclic) bond motifs is 1. The van der Waals surface area contributed by atoms with Crippen LogP contribution in [0, 0.1) is 0 Å². The van der Waals surface area contributed by atoms with Crippen molar-refractivity contribution in [1.29, 1.82) is 0 Å². The van der Waals surface area contributed by atoms with Gasteiger partial charge in [0.15, 0.2) is 5.65 Å². The molecule has 0 atom stereocenters. The highest BCUT2D eigenvalue weighted by Gasteiger charge is 2.38. The average molecular weight is 307 g/mol. The second kappa shape index (κ2) is 5.10. The Kier molecular flexibility index (Phi) is 3.24. The molecule has 1 amide bonds. The molecule has 0 aliphatic heterocycles. The highest BCUT2D eigenvalue weighted by molar-refractivity contribution is 5.95. The number of carbonyl (C=O) groups excluding carboxylic acids is 1. The summed E-state index contributed by atoms with van der Waals surface area (Å²) in [4.78, 5) is 10.8. The average Bonchev–Trinajstić information content (AvgIpc) is 2.94. The summed E-state index contributed by atoms with van der Waals surface area (Å²) < 4.78 is 38.0. The summed E-state index contributed by atoms with van der Waals surface area (Å²) in [5, 5.41) is 13.6. The molecule has 0 saturated carbocycles. The minimum Gasteiger partial charge on any atom is -0.318 e. The first kappa shape index (κ1) is 14.0. The lowest BCUT2D eigenvalue weighted by atomic mass is 10.1. The zero-order valence-corrected chi connectivity index (χ0v) is 10.9. The number of hydrogen-bond donors (Lipinski definition) is 1. The van der Waals surface area contributed by atoms with Gasteiger partial charge in [0.1, 0.15) is 6.33 Å². The molecule has 6 nitrogen and oxygen atoms in total. The molecule has 22 heavy (non-hydrogen) atoms. The number of benzene rings is 1. The summed E-state index contributed by atoms with van der Waals surface area (Å²) in [7, 11) is 0. The number of nitrogens with one attached hydrogen (secondary N) is 1. The lowest BCUT2D eigenvalue weighted by Crippen LogP contribution is -2.29. The van der Waals surface area contributed by atoms with E-state index in [9.17, 15) is 18.0 Å². The van der Waals surface area contributed by atoms with E-state index in [1.165, 1.54) is 23.0 Å². The van der Waals surface area contributed by atoms with Gasteiger partial charge >= 0.3 is 12.1 Å². The Labute approximate surface area is 121 Å². The minimum absolute atomic E-state index is 0.0523. The molecule has 0 radical (unpaired) electrons. The van der Waals surface area contributed by atoms with Crippen molar-refractivity contribution in [2.45, 2.75) is 6.18 Å². The van der Waals surface area contributed by atoms with Gasteiger partial charge in [0, 0.05) is 11.3 Å². The number of amides is 1. The molecule has 1 N–H and O–H groups in total. The third kappa shape index (κ3) is 2.73. The molecular weight excluding hydrogens is 299 g/mol. The second-order valence-corrected chi connectivity index (χ2v) is 4.38. The number of halogens is 3. The van der Waals surface area contributed by atoms with Crippen LogP contribution >= 0.6 is 0 Å². The molecular formula is C13H8F3N5O. The summed E-state index contributed by atoms with van der Waals surface area (Å²) in [6.07, 6.45) is -3.48. The molecule has 0 aliphatic rings. The zero-order valence-electron chi connectivity index (χ0n) is 10.9. The molecule has 1 aromatic carbocycles. The van der Waals surface area contributed by atoms with Crippen LogP contribution in [-0.2, 0) is 4.79 Å². The largest absolute Gasteiger partial charge is 0.471 e. The molecule has 2 heterocycles. The maximum absolute atomic E-state index is 12.2. The van der Waals surface area contributed by atoms with Crippen LogP contribution in [0.5, 0.6) is 0 Å². The van der Waals surface area contributed by atoms with Crippen LogP contribution < -0.4 is 5.32 Å². The van der Waals surface area contributed by atoms with Crippen LogP contribution in [0.1, 0.15) is 0 Å². The lowest BCUT2D eigenvalue weighted by Gasteiger charge is -2.08. The maximum atomic E-state index is 12.2. The zero-order chi connectivity index (χ0) is 15.7. The second-order valence-electron chi connectivity index (χ2n) is 4.38. The number of aromatic nitrogens is 4. The Bertz CT molecular complexity index is 826. The molecule has 0 saturated heterocycles. The summed E-state index contributed by atoms with van der Waals surface area (Å²) in [6.45, 7) is 0. The van der Waals surface area contributed by atoms with Crippen LogP contribution in [0.2, 0.25) is 0 Å². The van der Waals surface area contributed by atoms with Crippen molar-refractivity contribution in [3.63, 3.8) is 0 Å². The van der Waals surface area contributed by atoms with E-state index in [1.807, 2.05) is 0 Å². The Morgan fingerprint density at radius 3 is 2.50 bits per heavy atom. The predicted molar refractivity (Wildman–Crippen MR) is 70.9 cm³/mol. The van der Waals surface area contributed by atoms with Gasteiger partial charge in [-0.15, -0.1) is 10.2 Å². The van der Waals surface area contributed by atoms with Crippen LogP contribution in [0.4, 0.5) is 18.9 Å². The lowest BCUT2D eigenvalue weighted by molar-refractivity contribution is -0.167. The van der Waals surface area contributed by atoms with Crippen LogP contribution in [0.15, 0.2) is 42.7 Å². The molecule has 0 fully saturated rings. The number of rotatable bonds is 2. The van der Waals surface area contributed by atoms with E-state index in [0.717, 1.165) is 0 Å². The van der Waals surface area contributed by atoms with Gasteiger partial charge in [-0.3, -0.25) is 4.79 Å². The van der Waals surface area contributed by atoms with Gasteiger partial charge in [-0.05, 0) is 24.3 Å². The Hall–Kier alpha value is -2.97. The normalized spacial score (nSPS) is 11.6. The van der Waals surface area contributed by atoms with E-state index in [1.54, 1.807) is 29.6 Å². The van der Waals surface area contributed by atoms with Crippen molar-refractivity contribution in [1.82, 2.24) is 19.8 Å². The van der Waals surface area contributed by atoms with E-state index in [2.05, 4.69) is 15.3 Å². The predicted octanol–water partition coefficient (Wildman–Crippen LogP) is 2.29. The Morgan fingerprint density at radius 1 is 1.09 bits per heavy atom.